The van der Waals surface area contributed by atoms with E-state index in [2.05, 4.69) is 6.92 Å². The Kier molecular flexibility index (Phi) is 5.84. The number of carbonyl (C=O) groups excluding carboxylic acids is 1. The molecule has 4 rings (SSSR count). The van der Waals surface area contributed by atoms with Crippen LogP contribution in [-0.4, -0.2) is 33.0 Å². The number of aromatic nitrogens is 2. The van der Waals surface area contributed by atoms with Gasteiger partial charge in [0.2, 0.25) is 5.91 Å². The molecule has 3 aromatic rings. The normalized spacial score (nSPS) is 16.7. The van der Waals surface area contributed by atoms with E-state index < -0.39 is 5.69 Å². The van der Waals surface area contributed by atoms with Crippen LogP contribution < -0.4 is 11.2 Å². The average Bonchev–Trinajstić information content (AvgIpc) is 2.77. The molecule has 6 nitrogen and oxygen atoms in total. The zero-order chi connectivity index (χ0) is 21.1. The molecular formula is C24H27N3O3. The van der Waals surface area contributed by atoms with Gasteiger partial charge in [0, 0.05) is 19.6 Å². The van der Waals surface area contributed by atoms with Gasteiger partial charge in [-0.25, -0.2) is 4.79 Å². The second kappa shape index (κ2) is 8.69. The molecule has 1 aliphatic rings. The minimum absolute atomic E-state index is 0.0440. The molecule has 0 saturated carbocycles. The number of nitrogens with zero attached hydrogens (tertiary/aromatic N) is 3. The minimum Gasteiger partial charge on any atom is -0.341 e. The summed E-state index contributed by atoms with van der Waals surface area (Å²) in [6.07, 6.45) is 2.68. The van der Waals surface area contributed by atoms with Crippen molar-refractivity contribution in [2.45, 2.75) is 39.3 Å². The highest BCUT2D eigenvalue weighted by Crippen LogP contribution is 2.16. The van der Waals surface area contributed by atoms with Crippen molar-refractivity contribution in [3.05, 3.63) is 81.0 Å². The lowest BCUT2D eigenvalue weighted by molar-refractivity contribution is -0.133. The molecule has 30 heavy (non-hydrogen) atoms. The lowest BCUT2D eigenvalue weighted by Gasteiger charge is -2.31. The van der Waals surface area contributed by atoms with Crippen LogP contribution in [0.25, 0.3) is 10.9 Å². The molecule has 1 saturated heterocycles. The number of fused-ring (bicyclic) bond motifs is 1. The Hall–Kier alpha value is -3.15. The van der Waals surface area contributed by atoms with Crippen LogP contribution in [-0.2, 0) is 24.3 Å². The van der Waals surface area contributed by atoms with Gasteiger partial charge in [-0.15, -0.1) is 0 Å². The van der Waals surface area contributed by atoms with E-state index in [1.54, 1.807) is 24.3 Å². The van der Waals surface area contributed by atoms with Gasteiger partial charge in [0.05, 0.1) is 10.9 Å². The molecule has 1 amide bonds. The van der Waals surface area contributed by atoms with Gasteiger partial charge in [-0.1, -0.05) is 49.4 Å². The van der Waals surface area contributed by atoms with Crippen LogP contribution in [0.4, 0.5) is 0 Å². The number of amides is 1. The van der Waals surface area contributed by atoms with Crippen molar-refractivity contribution in [2.75, 3.05) is 13.1 Å². The van der Waals surface area contributed by atoms with Gasteiger partial charge in [0.15, 0.2) is 0 Å². The summed E-state index contributed by atoms with van der Waals surface area (Å²) >= 11 is 0. The van der Waals surface area contributed by atoms with E-state index in [9.17, 15) is 14.4 Å². The SMILES string of the molecule is CC1CCCN(C(=O)Cn2c(=O)n(CCc3ccccc3)c(=O)c3ccccc32)C1. The maximum Gasteiger partial charge on any atom is 0.331 e. The molecule has 6 heteroatoms. The van der Waals surface area contributed by atoms with Crippen molar-refractivity contribution < 1.29 is 4.79 Å². The van der Waals surface area contributed by atoms with Crippen molar-refractivity contribution >= 4 is 16.8 Å². The molecule has 0 spiro atoms. The summed E-state index contributed by atoms with van der Waals surface area (Å²) < 4.78 is 2.73. The summed E-state index contributed by atoms with van der Waals surface area (Å²) in [4.78, 5) is 41.1. The van der Waals surface area contributed by atoms with Crippen LogP contribution in [0.5, 0.6) is 0 Å². The highest BCUT2D eigenvalue weighted by Gasteiger charge is 2.23. The number of hydrogen-bond acceptors (Lipinski definition) is 3. The predicted octanol–water partition coefficient (Wildman–Crippen LogP) is 2.66. The number of likely N-dealkylation sites (tertiary alicyclic amines) is 1. The smallest absolute Gasteiger partial charge is 0.331 e. The van der Waals surface area contributed by atoms with Crippen molar-refractivity contribution in [3.8, 4) is 0 Å². The molecule has 1 aromatic heterocycles. The highest BCUT2D eigenvalue weighted by atomic mass is 16.2. The largest absolute Gasteiger partial charge is 0.341 e. The first kappa shape index (κ1) is 20.1. The number of piperidine rings is 1. The maximum atomic E-state index is 13.3. The van der Waals surface area contributed by atoms with E-state index in [1.165, 1.54) is 9.13 Å². The van der Waals surface area contributed by atoms with Crippen LogP contribution in [0.2, 0.25) is 0 Å². The molecule has 0 bridgehead atoms. The first-order valence-corrected chi connectivity index (χ1v) is 10.6. The highest BCUT2D eigenvalue weighted by molar-refractivity contribution is 5.81. The number of rotatable bonds is 5. The van der Waals surface area contributed by atoms with Crippen molar-refractivity contribution in [1.29, 1.82) is 0 Å². The van der Waals surface area contributed by atoms with E-state index >= 15 is 0 Å². The van der Waals surface area contributed by atoms with Gasteiger partial charge in [-0.2, -0.15) is 0 Å². The number of carbonyl (C=O) groups is 1. The summed E-state index contributed by atoms with van der Waals surface area (Å²) in [7, 11) is 0. The van der Waals surface area contributed by atoms with E-state index in [0.717, 1.165) is 31.5 Å². The van der Waals surface area contributed by atoms with Gasteiger partial charge in [-0.3, -0.25) is 18.7 Å². The third-order valence-electron chi connectivity index (χ3n) is 5.90. The van der Waals surface area contributed by atoms with Gasteiger partial charge in [0.1, 0.15) is 6.54 Å². The number of hydrogen-bond donors (Lipinski definition) is 0. The first-order valence-electron chi connectivity index (χ1n) is 10.6. The molecule has 2 aromatic carbocycles. The zero-order valence-electron chi connectivity index (χ0n) is 17.3. The molecule has 1 unspecified atom stereocenters. The van der Waals surface area contributed by atoms with E-state index in [1.807, 2.05) is 35.2 Å². The van der Waals surface area contributed by atoms with E-state index in [-0.39, 0.29) is 24.6 Å². The van der Waals surface area contributed by atoms with Crippen LogP contribution in [0.1, 0.15) is 25.3 Å². The molecule has 0 radical (unpaired) electrons. The second-order valence-electron chi connectivity index (χ2n) is 8.17. The quantitative estimate of drug-likeness (QED) is 0.656. The predicted molar refractivity (Wildman–Crippen MR) is 118 cm³/mol. The fourth-order valence-electron chi connectivity index (χ4n) is 4.26. The van der Waals surface area contributed by atoms with Gasteiger partial charge < -0.3 is 4.90 Å². The fraction of sp³-hybridized carbons (Fsp3) is 0.375. The monoisotopic (exact) mass is 405 g/mol. The van der Waals surface area contributed by atoms with Crippen molar-refractivity contribution in [1.82, 2.24) is 14.0 Å². The van der Waals surface area contributed by atoms with E-state index in [0.29, 0.717) is 23.2 Å². The Morgan fingerprint density at radius 1 is 1.00 bits per heavy atom. The topological polar surface area (TPSA) is 64.3 Å². The summed E-state index contributed by atoms with van der Waals surface area (Å²) in [6, 6.07) is 16.8. The lowest BCUT2D eigenvalue weighted by Crippen LogP contribution is -2.45. The van der Waals surface area contributed by atoms with Crippen molar-refractivity contribution in [3.63, 3.8) is 0 Å². The summed E-state index contributed by atoms with van der Waals surface area (Å²) in [5.41, 5.74) is 0.846. The minimum atomic E-state index is -0.423. The van der Waals surface area contributed by atoms with Crippen molar-refractivity contribution in [2.24, 2.45) is 5.92 Å². The van der Waals surface area contributed by atoms with Crippen LogP contribution >= 0.6 is 0 Å². The third kappa shape index (κ3) is 4.08. The molecular weight excluding hydrogens is 378 g/mol. The molecule has 2 heterocycles. The standard InChI is InChI=1S/C24H27N3O3/c1-18-8-7-14-25(16-18)22(28)17-27-21-12-6-5-11-20(21)23(29)26(24(27)30)15-13-19-9-3-2-4-10-19/h2-6,9-12,18H,7-8,13-17H2,1H3. The zero-order valence-corrected chi connectivity index (χ0v) is 17.3. The van der Waals surface area contributed by atoms with Crippen LogP contribution in [0, 0.1) is 5.92 Å². The number of aryl methyl sites for hydroxylation is 1. The van der Waals surface area contributed by atoms with E-state index in [4.69, 9.17) is 0 Å². The summed E-state index contributed by atoms with van der Waals surface area (Å²) in [5, 5.41) is 0.463. The molecule has 0 N–H and O–H groups in total. The second-order valence-corrected chi connectivity index (χ2v) is 8.17. The maximum absolute atomic E-state index is 13.3. The number of para-hydroxylation sites is 1. The molecule has 1 atom stereocenters. The summed E-state index contributed by atoms with van der Waals surface area (Å²) in [6.45, 7) is 3.83. The van der Waals surface area contributed by atoms with Gasteiger partial charge in [0.25, 0.3) is 5.56 Å². The third-order valence-corrected chi connectivity index (χ3v) is 5.90. The molecule has 1 aliphatic heterocycles. The Bertz CT molecular complexity index is 1160. The Morgan fingerprint density at radius 3 is 2.50 bits per heavy atom. The van der Waals surface area contributed by atoms with Crippen LogP contribution in [0.3, 0.4) is 0 Å². The molecule has 156 valence electrons. The Morgan fingerprint density at radius 2 is 1.73 bits per heavy atom. The van der Waals surface area contributed by atoms with Gasteiger partial charge in [-0.05, 0) is 42.9 Å². The first-order chi connectivity index (χ1) is 14.5. The number of benzene rings is 2. The fourth-order valence-corrected chi connectivity index (χ4v) is 4.26. The Balaban J connectivity index is 1.70. The average molecular weight is 405 g/mol. The van der Waals surface area contributed by atoms with Crippen LogP contribution in [0.15, 0.2) is 64.2 Å². The Labute approximate surface area is 175 Å². The summed E-state index contributed by atoms with van der Waals surface area (Å²) in [5.74, 6) is 0.401. The molecule has 0 aliphatic carbocycles. The van der Waals surface area contributed by atoms with Gasteiger partial charge >= 0.3 is 5.69 Å². The molecule has 1 fully saturated rings. The lowest BCUT2D eigenvalue weighted by atomic mass is 10.0.